The normalized spacial score (nSPS) is 12.1. The van der Waals surface area contributed by atoms with Crippen molar-refractivity contribution in [1.29, 1.82) is 0 Å². The third kappa shape index (κ3) is 3.63. The molecule has 0 unspecified atom stereocenters. The lowest BCUT2D eigenvalue weighted by Gasteiger charge is -2.21. The monoisotopic (exact) mass is 278 g/mol. The zero-order valence-electron chi connectivity index (χ0n) is 11.6. The van der Waals surface area contributed by atoms with E-state index in [0.717, 1.165) is 11.3 Å². The number of nitrogens with one attached hydrogen (secondary N) is 1. The molecule has 1 heterocycles. The summed E-state index contributed by atoms with van der Waals surface area (Å²) in [6.45, 7) is 4.60. The zero-order valence-corrected chi connectivity index (χ0v) is 11.6. The van der Waals surface area contributed by atoms with Gasteiger partial charge in [-0.3, -0.25) is 9.59 Å². The van der Waals surface area contributed by atoms with Crippen molar-refractivity contribution in [3.05, 3.63) is 23.8 Å². The smallest absolute Gasteiger partial charge is 0.231 e. The summed E-state index contributed by atoms with van der Waals surface area (Å²) < 4.78 is 10.6. The van der Waals surface area contributed by atoms with Gasteiger partial charge in [0.1, 0.15) is 0 Å². The van der Waals surface area contributed by atoms with Gasteiger partial charge in [0.25, 0.3) is 0 Å². The first kappa shape index (κ1) is 14.2. The number of hydrogen-bond donors (Lipinski definition) is 1. The maximum absolute atomic E-state index is 11.6. The Hall–Kier alpha value is -2.24. The molecule has 1 aliphatic heterocycles. The first-order chi connectivity index (χ1) is 9.56. The number of fused-ring (bicyclic) bond motifs is 1. The molecule has 0 atom stereocenters. The van der Waals surface area contributed by atoms with E-state index in [1.807, 2.05) is 18.2 Å². The molecule has 0 aliphatic carbocycles. The van der Waals surface area contributed by atoms with Crippen LogP contribution in [0, 0.1) is 0 Å². The van der Waals surface area contributed by atoms with Gasteiger partial charge in [-0.1, -0.05) is 6.07 Å². The van der Waals surface area contributed by atoms with Gasteiger partial charge in [-0.15, -0.1) is 0 Å². The summed E-state index contributed by atoms with van der Waals surface area (Å²) >= 11 is 0. The van der Waals surface area contributed by atoms with Crippen molar-refractivity contribution in [3.63, 3.8) is 0 Å². The molecule has 0 aromatic heterocycles. The highest BCUT2D eigenvalue weighted by Gasteiger charge is 2.15. The molecular formula is C14H18N2O4. The summed E-state index contributed by atoms with van der Waals surface area (Å²) in [6, 6.07) is 5.61. The fourth-order valence-corrected chi connectivity index (χ4v) is 1.97. The van der Waals surface area contributed by atoms with Gasteiger partial charge in [-0.25, -0.2) is 0 Å². The van der Waals surface area contributed by atoms with Gasteiger partial charge < -0.3 is 19.7 Å². The Morgan fingerprint density at radius 2 is 2.00 bits per heavy atom. The Kier molecular flexibility index (Phi) is 4.45. The van der Waals surface area contributed by atoms with Crippen molar-refractivity contribution < 1.29 is 19.1 Å². The van der Waals surface area contributed by atoms with E-state index in [1.54, 1.807) is 4.90 Å². The van der Waals surface area contributed by atoms with Crippen LogP contribution >= 0.6 is 0 Å². The highest BCUT2D eigenvalue weighted by molar-refractivity contribution is 5.74. The average Bonchev–Trinajstić information content (AvgIpc) is 2.84. The van der Waals surface area contributed by atoms with Crippen molar-refractivity contribution >= 4 is 11.8 Å². The maximum atomic E-state index is 11.6. The molecule has 20 heavy (non-hydrogen) atoms. The zero-order chi connectivity index (χ0) is 14.5. The number of benzene rings is 1. The molecule has 2 rings (SSSR count). The second kappa shape index (κ2) is 6.27. The van der Waals surface area contributed by atoms with Crippen molar-refractivity contribution in [2.24, 2.45) is 0 Å². The fraction of sp³-hybridized carbons (Fsp3) is 0.429. The van der Waals surface area contributed by atoms with Crippen LogP contribution in [-0.4, -0.2) is 36.6 Å². The quantitative estimate of drug-likeness (QED) is 0.869. The Balaban J connectivity index is 1.97. The largest absolute Gasteiger partial charge is 0.454 e. The first-order valence-electron chi connectivity index (χ1n) is 6.45. The number of carbonyl (C=O) groups excluding carboxylic acids is 2. The third-order valence-electron chi connectivity index (χ3n) is 3.01. The van der Waals surface area contributed by atoms with Crippen LogP contribution in [0.25, 0.3) is 0 Å². The molecule has 0 bridgehead atoms. The lowest BCUT2D eigenvalue weighted by Crippen LogP contribution is -2.36. The number of carbonyl (C=O) groups is 2. The Labute approximate surface area is 117 Å². The van der Waals surface area contributed by atoms with Crippen LogP contribution in [0.2, 0.25) is 0 Å². The van der Waals surface area contributed by atoms with E-state index in [0.29, 0.717) is 25.4 Å². The number of amides is 2. The second-order valence-corrected chi connectivity index (χ2v) is 4.61. The lowest BCUT2D eigenvalue weighted by molar-refractivity contribution is -0.130. The number of rotatable bonds is 5. The van der Waals surface area contributed by atoms with Crippen molar-refractivity contribution in [1.82, 2.24) is 10.2 Å². The molecule has 1 N–H and O–H groups in total. The summed E-state index contributed by atoms with van der Waals surface area (Å²) in [5, 5.41) is 2.68. The van der Waals surface area contributed by atoms with Crippen LogP contribution in [0.15, 0.2) is 18.2 Å². The molecule has 0 spiro atoms. The van der Waals surface area contributed by atoms with E-state index in [4.69, 9.17) is 9.47 Å². The molecule has 6 nitrogen and oxygen atoms in total. The van der Waals surface area contributed by atoms with Gasteiger partial charge in [0.05, 0.1) is 0 Å². The van der Waals surface area contributed by atoms with E-state index < -0.39 is 0 Å². The minimum Gasteiger partial charge on any atom is -0.454 e. The van der Waals surface area contributed by atoms with Crippen LogP contribution in [0.5, 0.6) is 11.5 Å². The van der Waals surface area contributed by atoms with Crippen LogP contribution in [-0.2, 0) is 16.1 Å². The highest BCUT2D eigenvalue weighted by Crippen LogP contribution is 2.32. The Morgan fingerprint density at radius 3 is 2.70 bits per heavy atom. The molecule has 0 saturated heterocycles. The van der Waals surface area contributed by atoms with Gasteiger partial charge >= 0.3 is 0 Å². The van der Waals surface area contributed by atoms with Gasteiger partial charge in [-0.05, 0) is 17.7 Å². The molecule has 0 radical (unpaired) electrons. The molecule has 0 fully saturated rings. The minimum absolute atomic E-state index is 0.0342. The first-order valence-corrected chi connectivity index (χ1v) is 6.45. The molecular weight excluding hydrogens is 260 g/mol. The topological polar surface area (TPSA) is 67.9 Å². The summed E-state index contributed by atoms with van der Waals surface area (Å²) in [6.07, 6.45) is 0. The SMILES string of the molecule is CC(=O)NCCN(Cc1ccc2c(c1)OCO2)C(C)=O. The summed E-state index contributed by atoms with van der Waals surface area (Å²) in [4.78, 5) is 24.1. The van der Waals surface area contributed by atoms with Crippen LogP contribution in [0.3, 0.4) is 0 Å². The van der Waals surface area contributed by atoms with Gasteiger partial charge in [-0.2, -0.15) is 0 Å². The molecule has 6 heteroatoms. The number of nitrogens with zero attached hydrogens (tertiary/aromatic N) is 1. The third-order valence-corrected chi connectivity index (χ3v) is 3.01. The summed E-state index contributed by atoms with van der Waals surface area (Å²) in [7, 11) is 0. The second-order valence-electron chi connectivity index (χ2n) is 4.61. The average molecular weight is 278 g/mol. The molecule has 1 aromatic rings. The van der Waals surface area contributed by atoms with E-state index in [2.05, 4.69) is 5.32 Å². The summed E-state index contributed by atoms with van der Waals surface area (Å²) in [5.74, 6) is 1.29. The minimum atomic E-state index is -0.100. The van der Waals surface area contributed by atoms with Crippen LogP contribution in [0.1, 0.15) is 19.4 Å². The van der Waals surface area contributed by atoms with E-state index in [1.165, 1.54) is 13.8 Å². The molecule has 1 aromatic carbocycles. The lowest BCUT2D eigenvalue weighted by atomic mass is 10.2. The van der Waals surface area contributed by atoms with Crippen LogP contribution < -0.4 is 14.8 Å². The van der Waals surface area contributed by atoms with Gasteiger partial charge in [0.15, 0.2) is 11.5 Å². The highest BCUT2D eigenvalue weighted by atomic mass is 16.7. The fourth-order valence-electron chi connectivity index (χ4n) is 1.97. The number of hydrogen-bond acceptors (Lipinski definition) is 4. The van der Waals surface area contributed by atoms with Crippen molar-refractivity contribution in [3.8, 4) is 11.5 Å². The van der Waals surface area contributed by atoms with Gasteiger partial charge in [0, 0.05) is 33.5 Å². The van der Waals surface area contributed by atoms with Crippen molar-refractivity contribution in [2.75, 3.05) is 19.9 Å². The van der Waals surface area contributed by atoms with Crippen LogP contribution in [0.4, 0.5) is 0 Å². The Bertz CT molecular complexity index is 516. The Morgan fingerprint density at radius 1 is 1.25 bits per heavy atom. The predicted octanol–water partition coefficient (Wildman–Crippen LogP) is 0.900. The van der Waals surface area contributed by atoms with E-state index in [9.17, 15) is 9.59 Å². The van der Waals surface area contributed by atoms with E-state index >= 15 is 0 Å². The molecule has 1 aliphatic rings. The number of ether oxygens (including phenoxy) is 2. The standard InChI is InChI=1S/C14H18N2O4/c1-10(17)15-5-6-16(11(2)18)8-12-3-4-13-14(7-12)20-9-19-13/h3-4,7H,5-6,8-9H2,1-2H3,(H,15,17). The molecule has 108 valence electrons. The molecule has 2 amide bonds. The maximum Gasteiger partial charge on any atom is 0.231 e. The van der Waals surface area contributed by atoms with Crippen molar-refractivity contribution in [2.45, 2.75) is 20.4 Å². The predicted molar refractivity (Wildman–Crippen MR) is 72.3 cm³/mol. The molecule has 0 saturated carbocycles. The van der Waals surface area contributed by atoms with E-state index in [-0.39, 0.29) is 18.6 Å². The van der Waals surface area contributed by atoms with Gasteiger partial charge in [0.2, 0.25) is 18.6 Å². The summed E-state index contributed by atoms with van der Waals surface area (Å²) in [5.41, 5.74) is 0.965.